The van der Waals surface area contributed by atoms with Crippen molar-refractivity contribution in [3.8, 4) is 5.75 Å². The van der Waals surface area contributed by atoms with Crippen molar-refractivity contribution in [2.45, 2.75) is 25.4 Å². The number of anilines is 1. The van der Waals surface area contributed by atoms with Crippen LogP contribution in [0.1, 0.15) is 16.3 Å². The second kappa shape index (κ2) is 10.4. The standard InChI is InChI=1S/C22H25ClN4O3S2/c1-13-14(2)32-22-20(13)21(25-18(26-22)11-27-6-8-30-9-7-27)31-12-19(28)24-16-10-15(23)4-5-17(16)29-3/h4-5,10H,6-9,11-12H2,1-3H3,(H,24,28)/p+1. The number of hydrogen-bond acceptors (Lipinski definition) is 7. The van der Waals surface area contributed by atoms with Crippen LogP contribution in [0.4, 0.5) is 5.69 Å². The third kappa shape index (κ3) is 5.35. The van der Waals surface area contributed by atoms with Crippen molar-refractivity contribution in [1.82, 2.24) is 9.97 Å². The summed E-state index contributed by atoms with van der Waals surface area (Å²) in [4.78, 5) is 26.0. The van der Waals surface area contributed by atoms with Gasteiger partial charge in [0.2, 0.25) is 5.91 Å². The molecule has 32 heavy (non-hydrogen) atoms. The summed E-state index contributed by atoms with van der Waals surface area (Å²) in [5, 5.41) is 5.33. The van der Waals surface area contributed by atoms with Crippen molar-refractivity contribution in [2.24, 2.45) is 0 Å². The predicted octanol–water partition coefficient (Wildman–Crippen LogP) is 3.12. The Bertz CT molecular complexity index is 1130. The minimum absolute atomic E-state index is 0.146. The number of hydrogen-bond donors (Lipinski definition) is 2. The van der Waals surface area contributed by atoms with Gasteiger partial charge >= 0.3 is 0 Å². The van der Waals surface area contributed by atoms with Gasteiger partial charge in [-0.25, -0.2) is 9.97 Å². The number of carbonyl (C=O) groups is 1. The molecule has 2 N–H and O–H groups in total. The van der Waals surface area contributed by atoms with Gasteiger partial charge < -0.3 is 19.7 Å². The predicted molar refractivity (Wildman–Crippen MR) is 129 cm³/mol. The van der Waals surface area contributed by atoms with Gasteiger partial charge in [0.05, 0.1) is 31.8 Å². The Morgan fingerprint density at radius 3 is 2.84 bits per heavy atom. The highest BCUT2D eigenvalue weighted by Crippen LogP contribution is 2.35. The maximum absolute atomic E-state index is 12.7. The highest BCUT2D eigenvalue weighted by Gasteiger charge is 2.20. The maximum Gasteiger partial charge on any atom is 0.234 e. The van der Waals surface area contributed by atoms with Crippen molar-refractivity contribution in [3.05, 3.63) is 39.5 Å². The number of carbonyl (C=O) groups excluding carboxylic acids is 1. The number of nitrogens with zero attached hydrogens (tertiary/aromatic N) is 2. The van der Waals surface area contributed by atoms with Crippen LogP contribution < -0.4 is 15.0 Å². The molecule has 1 aliphatic heterocycles. The van der Waals surface area contributed by atoms with E-state index < -0.39 is 0 Å². The van der Waals surface area contributed by atoms with Gasteiger partial charge in [-0.2, -0.15) is 0 Å². The number of fused-ring (bicyclic) bond motifs is 1. The molecule has 170 valence electrons. The third-order valence-corrected chi connectivity index (χ3v) is 7.74. The van der Waals surface area contributed by atoms with Crippen molar-refractivity contribution in [3.63, 3.8) is 0 Å². The van der Waals surface area contributed by atoms with Gasteiger partial charge in [-0.3, -0.25) is 4.79 Å². The lowest BCUT2D eigenvalue weighted by atomic mass is 10.2. The number of methoxy groups -OCH3 is 1. The summed E-state index contributed by atoms with van der Waals surface area (Å²) >= 11 is 9.19. The van der Waals surface area contributed by atoms with E-state index in [2.05, 4.69) is 19.2 Å². The summed E-state index contributed by atoms with van der Waals surface area (Å²) in [6.45, 7) is 8.39. The molecule has 3 aromatic rings. The van der Waals surface area contributed by atoms with E-state index in [-0.39, 0.29) is 11.7 Å². The van der Waals surface area contributed by atoms with Gasteiger partial charge in [-0.05, 0) is 37.6 Å². The summed E-state index contributed by atoms with van der Waals surface area (Å²) in [5.74, 6) is 1.46. The van der Waals surface area contributed by atoms with Crippen LogP contribution in [0.25, 0.3) is 10.2 Å². The number of aryl methyl sites for hydroxylation is 2. The number of aromatic nitrogens is 2. The van der Waals surface area contributed by atoms with E-state index in [9.17, 15) is 4.79 Å². The van der Waals surface area contributed by atoms with Crippen molar-refractivity contribution in [2.75, 3.05) is 44.5 Å². The SMILES string of the molecule is COc1ccc(Cl)cc1NC(=O)CSc1nc(C[NH+]2CCOCC2)nc2sc(C)c(C)c12. The first-order valence-electron chi connectivity index (χ1n) is 10.4. The minimum Gasteiger partial charge on any atom is -0.495 e. The van der Waals surface area contributed by atoms with Crippen molar-refractivity contribution in [1.29, 1.82) is 0 Å². The molecule has 1 amide bonds. The summed E-state index contributed by atoms with van der Waals surface area (Å²) in [6.07, 6.45) is 0. The summed E-state index contributed by atoms with van der Waals surface area (Å²) < 4.78 is 10.8. The molecule has 0 bridgehead atoms. The van der Waals surface area contributed by atoms with Crippen LogP contribution in [-0.2, 0) is 16.1 Å². The van der Waals surface area contributed by atoms with Crippen molar-refractivity contribution >= 4 is 56.5 Å². The molecule has 0 spiro atoms. The molecule has 0 unspecified atom stereocenters. The number of nitrogens with one attached hydrogen (secondary N) is 2. The van der Waals surface area contributed by atoms with Crippen LogP contribution in [0.5, 0.6) is 5.75 Å². The topological polar surface area (TPSA) is 77.8 Å². The minimum atomic E-state index is -0.146. The molecule has 3 heterocycles. The number of thiophene rings is 1. The van der Waals surface area contributed by atoms with Gasteiger partial charge in [0.25, 0.3) is 0 Å². The lowest BCUT2D eigenvalue weighted by molar-refractivity contribution is -0.922. The molecular formula is C22H26ClN4O3S2+. The van der Waals surface area contributed by atoms with Crippen LogP contribution in [0.15, 0.2) is 23.2 Å². The average molecular weight is 494 g/mol. The molecule has 1 aromatic carbocycles. The normalized spacial score (nSPS) is 14.6. The molecule has 1 aliphatic rings. The van der Waals surface area contributed by atoms with E-state index in [1.165, 1.54) is 27.1 Å². The zero-order valence-electron chi connectivity index (χ0n) is 18.3. The number of ether oxygens (including phenoxy) is 2. The van der Waals surface area contributed by atoms with Gasteiger partial charge in [0.1, 0.15) is 35.2 Å². The Balaban J connectivity index is 1.53. The summed E-state index contributed by atoms with van der Waals surface area (Å²) in [7, 11) is 1.56. The van der Waals surface area contributed by atoms with E-state index in [0.29, 0.717) is 16.5 Å². The Hall–Kier alpha value is -1.91. The van der Waals surface area contributed by atoms with E-state index in [1.807, 2.05) is 0 Å². The molecule has 0 aliphatic carbocycles. The van der Waals surface area contributed by atoms with Crippen LogP contribution in [0.2, 0.25) is 5.02 Å². The number of benzene rings is 1. The maximum atomic E-state index is 12.7. The van der Waals surface area contributed by atoms with Gasteiger partial charge in [-0.1, -0.05) is 23.4 Å². The third-order valence-electron chi connectivity index (χ3n) is 5.43. The molecule has 0 radical (unpaired) electrons. The highest BCUT2D eigenvalue weighted by molar-refractivity contribution is 8.00. The van der Waals surface area contributed by atoms with E-state index in [1.54, 1.807) is 36.6 Å². The molecular weight excluding hydrogens is 468 g/mol. The van der Waals surface area contributed by atoms with Crippen LogP contribution >= 0.6 is 34.7 Å². The van der Waals surface area contributed by atoms with Crippen LogP contribution in [0.3, 0.4) is 0 Å². The fourth-order valence-corrected chi connectivity index (χ4v) is 5.79. The van der Waals surface area contributed by atoms with E-state index >= 15 is 0 Å². The van der Waals surface area contributed by atoms with E-state index in [4.69, 9.17) is 31.0 Å². The molecule has 1 fully saturated rings. The second-order valence-corrected chi connectivity index (χ2v) is 10.2. The molecule has 10 heteroatoms. The Kier molecular flexibility index (Phi) is 7.52. The average Bonchev–Trinajstić information content (AvgIpc) is 3.06. The number of halogens is 1. The molecule has 7 nitrogen and oxygen atoms in total. The molecule has 1 saturated heterocycles. The zero-order chi connectivity index (χ0) is 22.7. The fourth-order valence-electron chi connectivity index (χ4n) is 3.60. The summed E-state index contributed by atoms with van der Waals surface area (Å²) in [5.41, 5.74) is 1.73. The Morgan fingerprint density at radius 2 is 2.09 bits per heavy atom. The summed E-state index contributed by atoms with van der Waals surface area (Å²) in [6, 6.07) is 5.14. The smallest absolute Gasteiger partial charge is 0.234 e. The number of morpholine rings is 1. The van der Waals surface area contributed by atoms with Crippen molar-refractivity contribution < 1.29 is 19.2 Å². The second-order valence-electron chi connectivity index (χ2n) is 7.63. The Morgan fingerprint density at radius 1 is 1.31 bits per heavy atom. The molecule has 2 aromatic heterocycles. The zero-order valence-corrected chi connectivity index (χ0v) is 20.7. The highest BCUT2D eigenvalue weighted by atomic mass is 35.5. The van der Waals surface area contributed by atoms with E-state index in [0.717, 1.165) is 53.9 Å². The van der Waals surface area contributed by atoms with Gasteiger partial charge in [0, 0.05) is 15.3 Å². The molecule has 0 atom stereocenters. The lowest BCUT2D eigenvalue weighted by Crippen LogP contribution is -3.12. The first-order chi connectivity index (χ1) is 15.4. The van der Waals surface area contributed by atoms with Gasteiger partial charge in [0.15, 0.2) is 5.82 Å². The molecule has 4 rings (SSSR count). The monoisotopic (exact) mass is 493 g/mol. The van der Waals surface area contributed by atoms with Crippen LogP contribution in [-0.4, -0.2) is 55.0 Å². The van der Waals surface area contributed by atoms with Gasteiger partial charge in [-0.15, -0.1) is 11.3 Å². The largest absolute Gasteiger partial charge is 0.495 e. The number of amides is 1. The van der Waals surface area contributed by atoms with Crippen LogP contribution in [0, 0.1) is 13.8 Å². The first-order valence-corrected chi connectivity index (χ1v) is 12.6. The quantitative estimate of drug-likeness (QED) is 0.389. The fraction of sp³-hybridized carbons (Fsp3) is 0.409. The first kappa shape index (κ1) is 23.3. The number of quaternary nitrogens is 1. The number of thioether (sulfide) groups is 1. The number of rotatable bonds is 7. The Labute approximate surface area is 200 Å². The molecule has 0 saturated carbocycles. The lowest BCUT2D eigenvalue weighted by Gasteiger charge is -2.23.